The van der Waals surface area contributed by atoms with Crippen LogP contribution in [0.25, 0.3) is 0 Å². The molecule has 1 fully saturated rings. The van der Waals surface area contributed by atoms with Crippen molar-refractivity contribution >= 4 is 17.3 Å². The van der Waals surface area contributed by atoms with Gasteiger partial charge in [0.05, 0.1) is 0 Å². The van der Waals surface area contributed by atoms with Gasteiger partial charge in [0.25, 0.3) is 0 Å². The lowest BCUT2D eigenvalue weighted by Crippen LogP contribution is -2.39. The minimum absolute atomic E-state index is 0.248. The number of fused-ring (bicyclic) bond motifs is 1. The zero-order chi connectivity index (χ0) is 12.5. The third-order valence-corrected chi connectivity index (χ3v) is 4.26. The molecule has 18 heavy (non-hydrogen) atoms. The first-order chi connectivity index (χ1) is 8.77. The molecular formula is C15H20N2O. The number of hydrogen-bond acceptors (Lipinski definition) is 2. The quantitative estimate of drug-likeness (QED) is 0.772. The monoisotopic (exact) mass is 244 g/mol. The number of hydrogen-bond donors (Lipinski definition) is 1. The van der Waals surface area contributed by atoms with Crippen LogP contribution in [0.1, 0.15) is 37.7 Å². The lowest BCUT2D eigenvalue weighted by molar-refractivity contribution is -0.122. The minimum atomic E-state index is 0.248. The molecule has 1 saturated carbocycles. The molecule has 0 unspecified atom stereocenters. The van der Waals surface area contributed by atoms with Gasteiger partial charge in [-0.25, -0.2) is 0 Å². The number of benzene rings is 1. The summed E-state index contributed by atoms with van der Waals surface area (Å²) in [5, 5.41) is 0. The second-order valence-corrected chi connectivity index (χ2v) is 5.42. The summed E-state index contributed by atoms with van der Waals surface area (Å²) in [4.78, 5) is 14.5. The zero-order valence-electron chi connectivity index (χ0n) is 10.7. The highest BCUT2D eigenvalue weighted by Crippen LogP contribution is 2.34. The van der Waals surface area contributed by atoms with Crippen LogP contribution in [0.3, 0.4) is 0 Å². The van der Waals surface area contributed by atoms with Gasteiger partial charge in [-0.2, -0.15) is 0 Å². The average molecular weight is 244 g/mol. The van der Waals surface area contributed by atoms with Gasteiger partial charge in [0, 0.05) is 23.8 Å². The van der Waals surface area contributed by atoms with Crippen molar-refractivity contribution in [3.05, 3.63) is 23.8 Å². The van der Waals surface area contributed by atoms with Gasteiger partial charge in [0.1, 0.15) is 0 Å². The van der Waals surface area contributed by atoms with E-state index in [1.165, 1.54) is 12.8 Å². The van der Waals surface area contributed by atoms with Gasteiger partial charge in [-0.15, -0.1) is 0 Å². The summed E-state index contributed by atoms with van der Waals surface area (Å²) in [5.41, 5.74) is 9.07. The lowest BCUT2D eigenvalue weighted by Gasteiger charge is -2.32. The second kappa shape index (κ2) is 4.63. The Bertz CT molecular complexity index is 464. The predicted molar refractivity (Wildman–Crippen MR) is 73.5 cm³/mol. The van der Waals surface area contributed by atoms with Crippen LogP contribution in [0, 0.1) is 5.92 Å². The normalized spacial score (nSPS) is 19.9. The molecular weight excluding hydrogens is 224 g/mol. The number of rotatable bonds is 1. The molecule has 1 aliphatic carbocycles. The van der Waals surface area contributed by atoms with Gasteiger partial charge in [-0.3, -0.25) is 4.79 Å². The molecule has 2 N–H and O–H groups in total. The SMILES string of the molecule is Nc1cccc2c1CCCN2C(=O)C1CCCC1. The van der Waals surface area contributed by atoms with Gasteiger partial charge in [-0.1, -0.05) is 18.9 Å². The summed E-state index contributed by atoms with van der Waals surface area (Å²) in [6.07, 6.45) is 6.55. The van der Waals surface area contributed by atoms with E-state index < -0.39 is 0 Å². The largest absolute Gasteiger partial charge is 0.398 e. The van der Waals surface area contributed by atoms with Crippen molar-refractivity contribution in [2.24, 2.45) is 5.92 Å². The molecule has 0 atom stereocenters. The molecule has 1 aromatic carbocycles. The molecule has 1 aliphatic heterocycles. The summed E-state index contributed by atoms with van der Waals surface area (Å²) in [5.74, 6) is 0.566. The van der Waals surface area contributed by atoms with Crippen molar-refractivity contribution in [2.75, 3.05) is 17.2 Å². The maximum absolute atomic E-state index is 12.6. The van der Waals surface area contributed by atoms with E-state index in [4.69, 9.17) is 5.73 Å². The van der Waals surface area contributed by atoms with Crippen LogP contribution in [0.4, 0.5) is 11.4 Å². The van der Waals surface area contributed by atoms with Crippen molar-refractivity contribution in [3.8, 4) is 0 Å². The Kier molecular flexibility index (Phi) is 2.98. The smallest absolute Gasteiger partial charge is 0.230 e. The first-order valence-corrected chi connectivity index (χ1v) is 6.96. The van der Waals surface area contributed by atoms with Crippen LogP contribution in [0.15, 0.2) is 18.2 Å². The number of nitrogens with two attached hydrogens (primary N) is 1. The number of carbonyl (C=O) groups is 1. The summed E-state index contributed by atoms with van der Waals surface area (Å²) < 4.78 is 0. The zero-order valence-corrected chi connectivity index (χ0v) is 10.7. The van der Waals surface area contributed by atoms with E-state index >= 15 is 0 Å². The van der Waals surface area contributed by atoms with E-state index in [2.05, 4.69) is 0 Å². The van der Waals surface area contributed by atoms with Gasteiger partial charge in [-0.05, 0) is 43.4 Å². The highest BCUT2D eigenvalue weighted by atomic mass is 16.2. The van der Waals surface area contributed by atoms with E-state index in [1.807, 2.05) is 23.1 Å². The van der Waals surface area contributed by atoms with Crippen LogP contribution in [0.2, 0.25) is 0 Å². The predicted octanol–water partition coefficient (Wildman–Crippen LogP) is 2.74. The summed E-state index contributed by atoms with van der Waals surface area (Å²) >= 11 is 0. The minimum Gasteiger partial charge on any atom is -0.398 e. The molecule has 1 heterocycles. The van der Waals surface area contributed by atoms with Crippen molar-refractivity contribution in [1.29, 1.82) is 0 Å². The molecule has 1 amide bonds. The van der Waals surface area contributed by atoms with E-state index in [1.54, 1.807) is 0 Å². The topological polar surface area (TPSA) is 46.3 Å². The van der Waals surface area contributed by atoms with Crippen molar-refractivity contribution in [2.45, 2.75) is 38.5 Å². The Balaban J connectivity index is 1.91. The fourth-order valence-electron chi connectivity index (χ4n) is 3.27. The van der Waals surface area contributed by atoms with Crippen LogP contribution >= 0.6 is 0 Å². The van der Waals surface area contributed by atoms with Gasteiger partial charge >= 0.3 is 0 Å². The second-order valence-electron chi connectivity index (χ2n) is 5.42. The van der Waals surface area contributed by atoms with E-state index in [-0.39, 0.29) is 5.92 Å². The third kappa shape index (κ3) is 1.88. The standard InChI is InChI=1S/C15H20N2O/c16-13-8-3-9-14-12(13)7-4-10-17(14)15(18)11-5-1-2-6-11/h3,8-9,11H,1-2,4-7,10,16H2. The highest BCUT2D eigenvalue weighted by molar-refractivity contribution is 5.97. The fraction of sp³-hybridized carbons (Fsp3) is 0.533. The first kappa shape index (κ1) is 11.6. The summed E-state index contributed by atoms with van der Waals surface area (Å²) in [7, 11) is 0. The molecule has 96 valence electrons. The fourth-order valence-corrected chi connectivity index (χ4v) is 3.27. The number of nitrogen functional groups attached to an aromatic ring is 1. The van der Waals surface area contributed by atoms with E-state index in [9.17, 15) is 4.79 Å². The van der Waals surface area contributed by atoms with Gasteiger partial charge in [0.2, 0.25) is 5.91 Å². The number of amides is 1. The highest BCUT2D eigenvalue weighted by Gasteiger charge is 2.30. The van der Waals surface area contributed by atoms with Crippen molar-refractivity contribution < 1.29 is 4.79 Å². The molecule has 3 heteroatoms. The average Bonchev–Trinajstić information content (AvgIpc) is 2.92. The molecule has 0 radical (unpaired) electrons. The Morgan fingerprint density at radius 3 is 2.78 bits per heavy atom. The molecule has 1 aromatic rings. The van der Waals surface area contributed by atoms with E-state index in [0.717, 1.165) is 49.2 Å². The van der Waals surface area contributed by atoms with Crippen LogP contribution < -0.4 is 10.6 Å². The summed E-state index contributed by atoms with van der Waals surface area (Å²) in [6.45, 7) is 0.853. The summed E-state index contributed by atoms with van der Waals surface area (Å²) in [6, 6.07) is 5.93. The van der Waals surface area contributed by atoms with Crippen LogP contribution in [-0.2, 0) is 11.2 Å². The molecule has 0 aromatic heterocycles. The van der Waals surface area contributed by atoms with Crippen molar-refractivity contribution in [3.63, 3.8) is 0 Å². The number of nitrogens with zero attached hydrogens (tertiary/aromatic N) is 1. The van der Waals surface area contributed by atoms with Crippen LogP contribution in [0.5, 0.6) is 0 Å². The maximum atomic E-state index is 12.6. The first-order valence-electron chi connectivity index (χ1n) is 6.96. The Morgan fingerprint density at radius 1 is 1.22 bits per heavy atom. The Labute approximate surface area is 108 Å². The van der Waals surface area contributed by atoms with Crippen molar-refractivity contribution in [1.82, 2.24) is 0 Å². The van der Waals surface area contributed by atoms with Gasteiger partial charge < -0.3 is 10.6 Å². The third-order valence-electron chi connectivity index (χ3n) is 4.26. The number of carbonyl (C=O) groups excluding carboxylic acids is 1. The lowest BCUT2D eigenvalue weighted by atomic mass is 9.97. The van der Waals surface area contributed by atoms with E-state index in [0.29, 0.717) is 5.91 Å². The Hall–Kier alpha value is -1.51. The Morgan fingerprint density at radius 2 is 2.00 bits per heavy atom. The molecule has 3 nitrogen and oxygen atoms in total. The molecule has 0 bridgehead atoms. The maximum Gasteiger partial charge on any atom is 0.230 e. The molecule has 3 rings (SSSR count). The molecule has 0 spiro atoms. The number of anilines is 2. The molecule has 2 aliphatic rings. The van der Waals surface area contributed by atoms with Crippen LogP contribution in [-0.4, -0.2) is 12.5 Å². The molecule has 0 saturated heterocycles. The van der Waals surface area contributed by atoms with Gasteiger partial charge in [0.15, 0.2) is 0 Å².